The fourth-order valence-corrected chi connectivity index (χ4v) is 1.25. The van der Waals surface area contributed by atoms with E-state index in [2.05, 4.69) is 17.2 Å². The highest BCUT2D eigenvalue weighted by molar-refractivity contribution is 5.90. The molecular formula is C11H17N3O. The first-order chi connectivity index (χ1) is 7.27. The third-order valence-corrected chi connectivity index (χ3v) is 2.13. The van der Waals surface area contributed by atoms with Crippen molar-refractivity contribution in [2.75, 3.05) is 5.32 Å². The number of pyridine rings is 1. The van der Waals surface area contributed by atoms with Crippen molar-refractivity contribution >= 4 is 11.7 Å². The highest BCUT2D eigenvalue weighted by atomic mass is 16.1. The lowest BCUT2D eigenvalue weighted by Crippen LogP contribution is -2.14. The van der Waals surface area contributed by atoms with Gasteiger partial charge in [0.2, 0.25) is 5.91 Å². The number of hydrogen-bond donors (Lipinski definition) is 2. The maximum atomic E-state index is 11.4. The zero-order chi connectivity index (χ0) is 11.1. The van der Waals surface area contributed by atoms with Gasteiger partial charge in [0.05, 0.1) is 0 Å². The SMILES string of the molecule is CCCCC(=O)Nc1ncccc1CN. The van der Waals surface area contributed by atoms with Crippen LogP contribution in [0.4, 0.5) is 5.82 Å². The minimum Gasteiger partial charge on any atom is -0.326 e. The molecule has 1 aromatic rings. The Morgan fingerprint density at radius 2 is 2.40 bits per heavy atom. The van der Waals surface area contributed by atoms with E-state index in [0.29, 0.717) is 18.8 Å². The second-order valence-corrected chi connectivity index (χ2v) is 3.37. The molecule has 0 saturated heterocycles. The third-order valence-electron chi connectivity index (χ3n) is 2.13. The molecule has 1 amide bonds. The number of hydrogen-bond acceptors (Lipinski definition) is 3. The summed E-state index contributed by atoms with van der Waals surface area (Å²) in [6.07, 6.45) is 4.10. The minimum atomic E-state index is 0.00486. The Kier molecular flexibility index (Phi) is 4.77. The number of aromatic nitrogens is 1. The summed E-state index contributed by atoms with van der Waals surface area (Å²) < 4.78 is 0. The zero-order valence-electron chi connectivity index (χ0n) is 8.99. The average molecular weight is 207 g/mol. The zero-order valence-corrected chi connectivity index (χ0v) is 8.99. The van der Waals surface area contributed by atoms with Crippen LogP contribution in [0, 0.1) is 0 Å². The topological polar surface area (TPSA) is 68.0 Å². The normalized spacial score (nSPS) is 10.0. The molecule has 0 bridgehead atoms. The molecule has 15 heavy (non-hydrogen) atoms. The second kappa shape index (κ2) is 6.14. The van der Waals surface area contributed by atoms with Crippen LogP contribution in [0.2, 0.25) is 0 Å². The van der Waals surface area contributed by atoms with Crippen molar-refractivity contribution in [1.29, 1.82) is 0 Å². The molecule has 0 unspecified atom stereocenters. The lowest BCUT2D eigenvalue weighted by atomic mass is 10.2. The molecular weight excluding hydrogens is 190 g/mol. The highest BCUT2D eigenvalue weighted by Gasteiger charge is 2.05. The van der Waals surface area contributed by atoms with Gasteiger partial charge >= 0.3 is 0 Å². The van der Waals surface area contributed by atoms with Crippen molar-refractivity contribution in [2.24, 2.45) is 5.73 Å². The molecule has 0 radical (unpaired) electrons. The van der Waals surface area contributed by atoms with Gasteiger partial charge in [-0.1, -0.05) is 19.4 Å². The summed E-state index contributed by atoms with van der Waals surface area (Å²) in [5, 5.41) is 2.77. The number of nitrogens with one attached hydrogen (secondary N) is 1. The van der Waals surface area contributed by atoms with Crippen LogP contribution in [0.3, 0.4) is 0 Å². The number of unbranched alkanes of at least 4 members (excludes halogenated alkanes) is 1. The summed E-state index contributed by atoms with van der Waals surface area (Å²) in [6.45, 7) is 2.44. The van der Waals surface area contributed by atoms with Gasteiger partial charge in [0, 0.05) is 24.7 Å². The molecule has 1 rings (SSSR count). The largest absolute Gasteiger partial charge is 0.326 e. The Bertz CT molecular complexity index is 325. The summed E-state index contributed by atoms with van der Waals surface area (Å²) >= 11 is 0. The molecule has 4 nitrogen and oxygen atoms in total. The summed E-state index contributed by atoms with van der Waals surface area (Å²) in [4.78, 5) is 15.5. The molecule has 0 spiro atoms. The number of amides is 1. The van der Waals surface area contributed by atoms with Crippen LogP contribution in [-0.2, 0) is 11.3 Å². The number of rotatable bonds is 5. The van der Waals surface area contributed by atoms with Crippen LogP contribution in [0.25, 0.3) is 0 Å². The molecule has 0 atom stereocenters. The van der Waals surface area contributed by atoms with Gasteiger partial charge in [0.25, 0.3) is 0 Å². The van der Waals surface area contributed by atoms with Gasteiger partial charge in [-0.25, -0.2) is 4.98 Å². The van der Waals surface area contributed by atoms with Crippen LogP contribution in [-0.4, -0.2) is 10.9 Å². The van der Waals surface area contributed by atoms with E-state index in [1.54, 1.807) is 6.20 Å². The molecule has 0 saturated carbocycles. The van der Waals surface area contributed by atoms with Crippen molar-refractivity contribution in [1.82, 2.24) is 4.98 Å². The van der Waals surface area contributed by atoms with E-state index in [-0.39, 0.29) is 5.91 Å². The van der Waals surface area contributed by atoms with Gasteiger partial charge in [-0.15, -0.1) is 0 Å². The predicted octanol–water partition coefficient (Wildman–Crippen LogP) is 1.67. The van der Waals surface area contributed by atoms with E-state index >= 15 is 0 Å². The smallest absolute Gasteiger partial charge is 0.225 e. The molecule has 0 aliphatic rings. The van der Waals surface area contributed by atoms with E-state index in [1.165, 1.54) is 0 Å². The number of anilines is 1. The lowest BCUT2D eigenvalue weighted by molar-refractivity contribution is -0.116. The molecule has 0 aliphatic carbocycles. The molecule has 0 fully saturated rings. The maximum absolute atomic E-state index is 11.4. The van der Waals surface area contributed by atoms with Crippen molar-refractivity contribution in [3.63, 3.8) is 0 Å². The summed E-state index contributed by atoms with van der Waals surface area (Å²) in [6, 6.07) is 3.67. The first kappa shape index (κ1) is 11.7. The van der Waals surface area contributed by atoms with Crippen molar-refractivity contribution in [3.8, 4) is 0 Å². The molecule has 1 heterocycles. The fourth-order valence-electron chi connectivity index (χ4n) is 1.25. The summed E-state index contributed by atoms with van der Waals surface area (Å²) in [5.74, 6) is 0.589. The van der Waals surface area contributed by atoms with Gasteiger partial charge in [0.1, 0.15) is 5.82 Å². The molecule has 0 aromatic carbocycles. The first-order valence-corrected chi connectivity index (χ1v) is 5.21. The van der Waals surface area contributed by atoms with E-state index in [9.17, 15) is 4.79 Å². The maximum Gasteiger partial charge on any atom is 0.225 e. The van der Waals surface area contributed by atoms with Crippen molar-refractivity contribution in [2.45, 2.75) is 32.7 Å². The van der Waals surface area contributed by atoms with Crippen LogP contribution in [0.15, 0.2) is 18.3 Å². The number of nitrogens with two attached hydrogens (primary N) is 1. The van der Waals surface area contributed by atoms with E-state index < -0.39 is 0 Å². The molecule has 0 aliphatic heterocycles. The van der Waals surface area contributed by atoms with Gasteiger partial charge in [-0.05, 0) is 12.5 Å². The van der Waals surface area contributed by atoms with Crippen LogP contribution >= 0.6 is 0 Å². The fraction of sp³-hybridized carbons (Fsp3) is 0.455. The molecule has 3 N–H and O–H groups in total. The molecule has 4 heteroatoms. The quantitative estimate of drug-likeness (QED) is 0.771. The van der Waals surface area contributed by atoms with Gasteiger partial charge in [0.15, 0.2) is 0 Å². The molecule has 1 aromatic heterocycles. The van der Waals surface area contributed by atoms with Gasteiger partial charge < -0.3 is 11.1 Å². The Morgan fingerprint density at radius 1 is 1.60 bits per heavy atom. The second-order valence-electron chi connectivity index (χ2n) is 3.37. The van der Waals surface area contributed by atoms with Gasteiger partial charge in [-0.2, -0.15) is 0 Å². The Hall–Kier alpha value is -1.42. The van der Waals surface area contributed by atoms with Crippen LogP contribution in [0.1, 0.15) is 31.7 Å². The highest BCUT2D eigenvalue weighted by Crippen LogP contribution is 2.10. The van der Waals surface area contributed by atoms with Crippen molar-refractivity contribution in [3.05, 3.63) is 23.9 Å². The number of nitrogens with zero attached hydrogens (tertiary/aromatic N) is 1. The van der Waals surface area contributed by atoms with E-state index in [0.717, 1.165) is 18.4 Å². The van der Waals surface area contributed by atoms with E-state index in [1.807, 2.05) is 12.1 Å². The average Bonchev–Trinajstić information content (AvgIpc) is 2.27. The van der Waals surface area contributed by atoms with E-state index in [4.69, 9.17) is 5.73 Å². The monoisotopic (exact) mass is 207 g/mol. The van der Waals surface area contributed by atoms with Crippen LogP contribution in [0.5, 0.6) is 0 Å². The van der Waals surface area contributed by atoms with Gasteiger partial charge in [-0.3, -0.25) is 4.79 Å². The van der Waals surface area contributed by atoms with Crippen LogP contribution < -0.4 is 11.1 Å². The lowest BCUT2D eigenvalue weighted by Gasteiger charge is -2.07. The predicted molar refractivity (Wildman–Crippen MR) is 60.3 cm³/mol. The minimum absolute atomic E-state index is 0.00486. The molecule has 82 valence electrons. The summed E-state index contributed by atoms with van der Waals surface area (Å²) in [7, 11) is 0. The Balaban J connectivity index is 2.59. The first-order valence-electron chi connectivity index (χ1n) is 5.21. The van der Waals surface area contributed by atoms with Crippen molar-refractivity contribution < 1.29 is 4.79 Å². The number of carbonyl (C=O) groups is 1. The third kappa shape index (κ3) is 3.67. The Labute approximate surface area is 89.9 Å². The standard InChI is InChI=1S/C11H17N3O/c1-2-3-6-10(15)14-11-9(8-12)5-4-7-13-11/h4-5,7H,2-3,6,8,12H2,1H3,(H,13,14,15). The Morgan fingerprint density at radius 3 is 3.07 bits per heavy atom. The summed E-state index contributed by atoms with van der Waals surface area (Å²) in [5.41, 5.74) is 6.40. The number of carbonyl (C=O) groups excluding carboxylic acids is 1.